The Morgan fingerprint density at radius 2 is 1.82 bits per heavy atom. The van der Waals surface area contributed by atoms with Crippen molar-refractivity contribution in [2.24, 2.45) is 5.92 Å². The first-order valence-corrected chi connectivity index (χ1v) is 6.08. The van der Waals surface area contributed by atoms with Crippen LogP contribution in [0.15, 0.2) is 0 Å². The zero-order chi connectivity index (χ0) is 9.44. The number of hydrogen-bond donors (Lipinski definition) is 2. The summed E-state index contributed by atoms with van der Waals surface area (Å²) >= 11 is 1.02. The molecule has 0 aliphatic rings. The first kappa shape index (κ1) is 14.3. The summed E-state index contributed by atoms with van der Waals surface area (Å²) in [4.78, 5) is 24.9. The average Bonchev–Trinajstić information content (AvgIpc) is 1.85. The monoisotopic (exact) mass is 190 g/mol. The van der Waals surface area contributed by atoms with Gasteiger partial charge in [-0.25, -0.2) is 0 Å². The van der Waals surface area contributed by atoms with Crippen LogP contribution < -0.4 is 0 Å². The standard InChI is InChI=1S/C5H9O.Na.H3O3P/c1-4(2)5(3)6;;1-4(2)3/h4H,3H2,1-2H3;;4H,(H2,1,2,3). The zero-order valence-electron chi connectivity index (χ0n) is 7.00. The van der Waals surface area contributed by atoms with Crippen LogP contribution in [-0.2, 0) is 9.36 Å². The summed E-state index contributed by atoms with van der Waals surface area (Å²) in [5.41, 5.74) is 0. The fraction of sp³-hybridized carbons (Fsp3) is 0.800. The largest absolute Gasteiger partial charge is 0.326 e. The van der Waals surface area contributed by atoms with Gasteiger partial charge in [-0.2, -0.15) is 0 Å². The molecular weight excluding hydrogens is 178 g/mol. The number of Topliss-reactive ketones (excluding diaryl/α,β-unsaturated/α-hetero) is 1. The van der Waals surface area contributed by atoms with Gasteiger partial charge in [0.25, 0.3) is 0 Å². The Morgan fingerprint density at radius 1 is 1.55 bits per heavy atom. The van der Waals surface area contributed by atoms with Gasteiger partial charge in [-0.15, -0.1) is 0 Å². The first-order valence-electron chi connectivity index (χ1n) is 3.36. The summed E-state index contributed by atoms with van der Waals surface area (Å²) in [6.07, 6.45) is 0. The van der Waals surface area contributed by atoms with Gasteiger partial charge in [0.15, 0.2) is 0 Å². The summed E-state index contributed by atoms with van der Waals surface area (Å²) in [6.45, 7) is 3.89. The molecule has 0 bridgehead atoms. The molecule has 0 aromatic rings. The van der Waals surface area contributed by atoms with Gasteiger partial charge in [0.1, 0.15) is 0 Å². The Morgan fingerprint density at radius 3 is 1.82 bits per heavy atom. The second-order valence-electron chi connectivity index (χ2n) is 2.26. The summed E-state index contributed by atoms with van der Waals surface area (Å²) in [5.74, 6) is 0.671. The molecule has 4 nitrogen and oxygen atoms in total. The maximum atomic E-state index is 10.5. The van der Waals surface area contributed by atoms with Crippen molar-refractivity contribution in [3.63, 3.8) is 0 Å². The molecule has 0 aromatic carbocycles. The van der Waals surface area contributed by atoms with Crippen LogP contribution in [0, 0.1) is 5.92 Å². The molecule has 0 unspecified atom stereocenters. The van der Waals surface area contributed by atoms with E-state index in [1.54, 1.807) is 0 Å². The molecule has 0 aliphatic carbocycles. The molecule has 62 valence electrons. The van der Waals surface area contributed by atoms with Crippen LogP contribution in [0.2, 0.25) is 3.67 Å². The molecule has 2 N–H and O–H groups in total. The maximum absolute atomic E-state index is 10.5. The van der Waals surface area contributed by atoms with Crippen molar-refractivity contribution in [3.8, 4) is 0 Å². The van der Waals surface area contributed by atoms with E-state index in [2.05, 4.69) is 0 Å². The second kappa shape index (κ2) is 8.91. The van der Waals surface area contributed by atoms with Gasteiger partial charge in [0, 0.05) is 0 Å². The molecule has 0 aliphatic heterocycles. The van der Waals surface area contributed by atoms with Crippen LogP contribution in [0.3, 0.4) is 0 Å². The van der Waals surface area contributed by atoms with Gasteiger partial charge in [0.05, 0.1) is 0 Å². The summed E-state index contributed by atoms with van der Waals surface area (Å²) in [5, 5.41) is 0. The molecule has 0 radical (unpaired) electrons. The molecule has 0 amide bonds. The Labute approximate surface area is 84.4 Å². The van der Waals surface area contributed by atoms with E-state index < -0.39 is 8.25 Å². The molecule has 0 atom stereocenters. The SMILES string of the molecule is CC(C)C(=O)[CH2][Na].O=[PH](O)O. The van der Waals surface area contributed by atoms with Crippen LogP contribution in [0.5, 0.6) is 0 Å². The van der Waals surface area contributed by atoms with E-state index in [9.17, 15) is 4.79 Å². The Kier molecular flexibility index (Phi) is 11.6. The number of carbonyl (C=O) groups is 1. The smallest absolute Gasteiger partial charge is 0.314 e. The molecule has 0 saturated carbocycles. The quantitative estimate of drug-likeness (QED) is 0.480. The summed E-state index contributed by atoms with van der Waals surface area (Å²) < 4.78 is 9.56. The molecule has 6 heteroatoms. The average molecular weight is 190 g/mol. The number of carbonyl (C=O) groups excluding carboxylic acids is 1. The molecule has 0 aromatic heterocycles. The molecule has 0 fully saturated rings. The Bertz CT molecular complexity index is 132. The molecule has 0 heterocycles. The summed E-state index contributed by atoms with van der Waals surface area (Å²) in [6, 6.07) is 0. The van der Waals surface area contributed by atoms with Gasteiger partial charge in [-0.1, -0.05) is 0 Å². The predicted molar refractivity (Wildman–Crippen MR) is 43.8 cm³/mol. The first-order chi connectivity index (χ1) is 4.91. The molecule has 0 saturated heterocycles. The number of rotatable bonds is 2. The summed E-state index contributed by atoms with van der Waals surface area (Å²) in [7, 11) is -3.13. The van der Waals surface area contributed by atoms with Gasteiger partial charge >= 0.3 is 70.2 Å². The van der Waals surface area contributed by atoms with Crippen molar-refractivity contribution in [3.05, 3.63) is 0 Å². The Balaban J connectivity index is 0. The van der Waals surface area contributed by atoms with Crippen LogP contribution in [-0.4, -0.2) is 43.5 Å². The second-order valence-corrected chi connectivity index (χ2v) is 3.53. The van der Waals surface area contributed by atoms with Crippen molar-refractivity contribution < 1.29 is 19.1 Å². The van der Waals surface area contributed by atoms with Gasteiger partial charge in [-0.3, -0.25) is 4.57 Å². The number of ketones is 1. The van der Waals surface area contributed by atoms with Crippen molar-refractivity contribution in [1.82, 2.24) is 0 Å². The van der Waals surface area contributed by atoms with Crippen LogP contribution in [0.25, 0.3) is 0 Å². The van der Waals surface area contributed by atoms with Crippen molar-refractivity contribution in [2.75, 3.05) is 0 Å². The van der Waals surface area contributed by atoms with Gasteiger partial charge in [0.2, 0.25) is 0 Å². The van der Waals surface area contributed by atoms with E-state index in [0.717, 1.165) is 31.6 Å². The fourth-order valence-corrected chi connectivity index (χ4v) is 1.22. The zero-order valence-corrected chi connectivity index (χ0v) is 10.00. The van der Waals surface area contributed by atoms with Crippen LogP contribution in [0.4, 0.5) is 0 Å². The predicted octanol–water partition coefficient (Wildman–Crippen LogP) is 0.159. The van der Waals surface area contributed by atoms with Crippen LogP contribution in [0.1, 0.15) is 13.8 Å². The molecule has 0 rings (SSSR count). The van der Waals surface area contributed by atoms with Crippen molar-refractivity contribution >= 4 is 42.0 Å². The normalized spacial score (nSPS) is 9.45. The van der Waals surface area contributed by atoms with E-state index in [1.165, 1.54) is 0 Å². The van der Waals surface area contributed by atoms with E-state index in [4.69, 9.17) is 14.4 Å². The third-order valence-electron chi connectivity index (χ3n) is 0.992. The minimum Gasteiger partial charge on any atom is -0.326 e. The third-order valence-corrected chi connectivity index (χ3v) is 1.69. The van der Waals surface area contributed by atoms with Gasteiger partial charge in [-0.05, 0) is 0 Å². The minimum atomic E-state index is -3.13. The van der Waals surface area contributed by atoms with Crippen LogP contribution >= 0.6 is 8.25 Å². The fourth-order valence-electron chi connectivity index (χ4n) is 0.408. The van der Waals surface area contributed by atoms with E-state index >= 15 is 0 Å². The topological polar surface area (TPSA) is 74.6 Å². The molecule has 0 spiro atoms. The van der Waals surface area contributed by atoms with Crippen molar-refractivity contribution in [1.29, 1.82) is 0 Å². The van der Waals surface area contributed by atoms with E-state index in [-0.39, 0.29) is 5.92 Å². The third kappa shape index (κ3) is 18.1. The Hall–Kier alpha value is 0.820. The van der Waals surface area contributed by atoms with Crippen molar-refractivity contribution in [2.45, 2.75) is 17.5 Å². The minimum absolute atomic E-state index is 0.262. The van der Waals surface area contributed by atoms with E-state index in [1.807, 2.05) is 13.8 Å². The van der Waals surface area contributed by atoms with Gasteiger partial charge < -0.3 is 9.79 Å². The molecular formula is C5H12NaO4P. The number of hydrogen-bond acceptors (Lipinski definition) is 2. The molecule has 11 heavy (non-hydrogen) atoms. The van der Waals surface area contributed by atoms with E-state index in [0.29, 0.717) is 5.78 Å². The maximum Gasteiger partial charge on any atom is 0.314 e.